The van der Waals surface area contributed by atoms with Crippen molar-refractivity contribution in [2.24, 2.45) is 0 Å². The van der Waals surface area contributed by atoms with Gasteiger partial charge < -0.3 is 4.74 Å². The lowest BCUT2D eigenvalue weighted by atomic mass is 10.1. The van der Waals surface area contributed by atoms with Crippen molar-refractivity contribution in [1.29, 1.82) is 0 Å². The average Bonchev–Trinajstić information content (AvgIpc) is 2.32. The topological polar surface area (TPSA) is 9.23 Å². The number of halogens is 1. The number of hydrogen-bond donors (Lipinski definition) is 0. The normalized spacial score (nSPS) is 10.3. The number of benzene rings is 2. The van der Waals surface area contributed by atoms with Gasteiger partial charge in [-0.05, 0) is 42.7 Å². The van der Waals surface area contributed by atoms with Crippen molar-refractivity contribution in [3.63, 3.8) is 0 Å². The Morgan fingerprint density at radius 3 is 2.47 bits per heavy atom. The lowest BCUT2D eigenvalue weighted by Crippen LogP contribution is -1.97. The molecule has 2 aromatic carbocycles. The highest BCUT2D eigenvalue weighted by atomic mass is 79.9. The van der Waals surface area contributed by atoms with E-state index in [-0.39, 0.29) is 0 Å². The van der Waals surface area contributed by atoms with E-state index in [2.05, 4.69) is 54.0 Å². The van der Waals surface area contributed by atoms with Gasteiger partial charge in [0.25, 0.3) is 0 Å². The zero-order chi connectivity index (χ0) is 12.3. The monoisotopic (exact) mass is 290 g/mol. The molecule has 0 aliphatic heterocycles. The molecule has 0 unspecified atom stereocenters. The Labute approximate surface area is 111 Å². The molecule has 0 aromatic heterocycles. The minimum absolute atomic E-state index is 0.601. The summed E-state index contributed by atoms with van der Waals surface area (Å²) in [5.74, 6) is 0.948. The number of hydrogen-bond acceptors (Lipinski definition) is 1. The molecule has 0 saturated carbocycles. The first-order valence-corrected chi connectivity index (χ1v) is 6.39. The maximum atomic E-state index is 5.80. The predicted molar refractivity (Wildman–Crippen MR) is 74.4 cm³/mol. The van der Waals surface area contributed by atoms with E-state index in [1.54, 1.807) is 0 Å². The fourth-order valence-corrected chi connectivity index (χ4v) is 2.03. The van der Waals surface area contributed by atoms with E-state index >= 15 is 0 Å². The molecule has 0 heterocycles. The van der Waals surface area contributed by atoms with E-state index in [4.69, 9.17) is 4.74 Å². The zero-order valence-electron chi connectivity index (χ0n) is 10.0. The minimum Gasteiger partial charge on any atom is -0.489 e. The van der Waals surface area contributed by atoms with Crippen molar-refractivity contribution < 1.29 is 4.74 Å². The molecule has 2 rings (SSSR count). The van der Waals surface area contributed by atoms with Gasteiger partial charge >= 0.3 is 0 Å². The lowest BCUT2D eigenvalue weighted by molar-refractivity contribution is 0.304. The van der Waals surface area contributed by atoms with E-state index in [9.17, 15) is 0 Å². The number of para-hydroxylation sites is 1. The van der Waals surface area contributed by atoms with Crippen LogP contribution < -0.4 is 4.74 Å². The fraction of sp³-hybridized carbons (Fsp3) is 0.200. The second-order valence-electron chi connectivity index (χ2n) is 4.14. The van der Waals surface area contributed by atoms with Crippen molar-refractivity contribution in [2.75, 3.05) is 0 Å². The van der Waals surface area contributed by atoms with Gasteiger partial charge in [0.1, 0.15) is 12.4 Å². The SMILES string of the molecule is Cc1ccc(COc2ccccc2C)cc1Br. The second kappa shape index (κ2) is 5.37. The van der Waals surface area contributed by atoms with Crippen LogP contribution in [0.3, 0.4) is 0 Å². The molecule has 0 bridgehead atoms. The van der Waals surface area contributed by atoms with Gasteiger partial charge in [-0.25, -0.2) is 0 Å². The Kier molecular flexibility index (Phi) is 3.85. The Bertz CT molecular complexity index is 520. The quantitative estimate of drug-likeness (QED) is 0.800. The van der Waals surface area contributed by atoms with Crippen LogP contribution in [0.1, 0.15) is 16.7 Å². The molecule has 0 radical (unpaired) electrons. The van der Waals surface area contributed by atoms with Gasteiger partial charge in [-0.2, -0.15) is 0 Å². The lowest BCUT2D eigenvalue weighted by Gasteiger charge is -2.09. The van der Waals surface area contributed by atoms with Gasteiger partial charge in [0.15, 0.2) is 0 Å². The molecular weight excluding hydrogens is 276 g/mol. The summed E-state index contributed by atoms with van der Waals surface area (Å²) in [4.78, 5) is 0. The Balaban J connectivity index is 2.08. The first-order chi connectivity index (χ1) is 8.16. The summed E-state index contributed by atoms with van der Waals surface area (Å²) in [6.45, 7) is 4.74. The number of rotatable bonds is 3. The third-order valence-electron chi connectivity index (χ3n) is 2.72. The van der Waals surface area contributed by atoms with Crippen LogP contribution >= 0.6 is 15.9 Å². The van der Waals surface area contributed by atoms with E-state index in [0.29, 0.717) is 6.61 Å². The fourth-order valence-electron chi connectivity index (χ4n) is 1.61. The molecule has 0 fully saturated rings. The van der Waals surface area contributed by atoms with Crippen molar-refractivity contribution >= 4 is 15.9 Å². The summed E-state index contributed by atoms with van der Waals surface area (Å²) in [6.07, 6.45) is 0. The van der Waals surface area contributed by atoms with Crippen LogP contribution in [0.5, 0.6) is 5.75 Å². The standard InChI is InChI=1S/C15H15BrO/c1-11-7-8-13(9-14(11)16)10-17-15-6-4-3-5-12(15)2/h3-9H,10H2,1-2H3. The molecule has 88 valence electrons. The summed E-state index contributed by atoms with van der Waals surface area (Å²) in [5.41, 5.74) is 3.58. The van der Waals surface area contributed by atoms with Crippen LogP contribution in [0.25, 0.3) is 0 Å². The zero-order valence-corrected chi connectivity index (χ0v) is 11.6. The molecule has 0 N–H and O–H groups in total. The minimum atomic E-state index is 0.601. The maximum absolute atomic E-state index is 5.80. The smallest absolute Gasteiger partial charge is 0.122 e. The molecule has 0 spiro atoms. The van der Waals surface area contributed by atoms with Crippen LogP contribution in [0.15, 0.2) is 46.9 Å². The summed E-state index contributed by atoms with van der Waals surface area (Å²) in [6, 6.07) is 14.4. The van der Waals surface area contributed by atoms with Crippen molar-refractivity contribution in [3.8, 4) is 5.75 Å². The van der Waals surface area contributed by atoms with Gasteiger partial charge in [0.2, 0.25) is 0 Å². The third kappa shape index (κ3) is 3.10. The maximum Gasteiger partial charge on any atom is 0.122 e. The highest BCUT2D eigenvalue weighted by Crippen LogP contribution is 2.21. The Morgan fingerprint density at radius 2 is 1.76 bits per heavy atom. The van der Waals surface area contributed by atoms with E-state index < -0.39 is 0 Å². The first kappa shape index (κ1) is 12.2. The van der Waals surface area contributed by atoms with Crippen molar-refractivity contribution in [2.45, 2.75) is 20.5 Å². The third-order valence-corrected chi connectivity index (χ3v) is 3.58. The highest BCUT2D eigenvalue weighted by Gasteiger charge is 2.01. The van der Waals surface area contributed by atoms with Crippen LogP contribution in [0.4, 0.5) is 0 Å². The molecule has 0 saturated heterocycles. The summed E-state index contributed by atoms with van der Waals surface area (Å²) in [7, 11) is 0. The van der Waals surface area contributed by atoms with Gasteiger partial charge in [-0.3, -0.25) is 0 Å². The molecule has 0 aliphatic rings. The predicted octanol–water partition coefficient (Wildman–Crippen LogP) is 4.64. The van der Waals surface area contributed by atoms with Gasteiger partial charge in [0.05, 0.1) is 0 Å². The highest BCUT2D eigenvalue weighted by molar-refractivity contribution is 9.10. The van der Waals surface area contributed by atoms with Crippen LogP contribution in [-0.4, -0.2) is 0 Å². The van der Waals surface area contributed by atoms with E-state index in [1.807, 2.05) is 18.2 Å². The van der Waals surface area contributed by atoms with E-state index in [0.717, 1.165) is 10.2 Å². The molecular formula is C15H15BrO. The molecule has 2 aromatic rings. The van der Waals surface area contributed by atoms with Crippen LogP contribution in [0, 0.1) is 13.8 Å². The Morgan fingerprint density at radius 1 is 1.00 bits per heavy atom. The molecule has 0 aliphatic carbocycles. The largest absolute Gasteiger partial charge is 0.489 e. The summed E-state index contributed by atoms with van der Waals surface area (Å²) in [5, 5.41) is 0. The van der Waals surface area contributed by atoms with Gasteiger partial charge in [-0.1, -0.05) is 46.3 Å². The molecule has 0 atom stereocenters. The average molecular weight is 291 g/mol. The number of ether oxygens (including phenoxy) is 1. The van der Waals surface area contributed by atoms with Gasteiger partial charge in [-0.15, -0.1) is 0 Å². The summed E-state index contributed by atoms with van der Waals surface area (Å²) >= 11 is 3.53. The molecule has 1 nitrogen and oxygen atoms in total. The van der Waals surface area contributed by atoms with Crippen LogP contribution in [0.2, 0.25) is 0 Å². The molecule has 0 amide bonds. The van der Waals surface area contributed by atoms with Crippen LogP contribution in [-0.2, 0) is 6.61 Å². The van der Waals surface area contributed by atoms with E-state index in [1.165, 1.54) is 16.7 Å². The van der Waals surface area contributed by atoms with Crippen molar-refractivity contribution in [1.82, 2.24) is 0 Å². The first-order valence-electron chi connectivity index (χ1n) is 5.60. The number of aryl methyl sites for hydroxylation is 2. The summed E-state index contributed by atoms with van der Waals surface area (Å²) < 4.78 is 6.92. The second-order valence-corrected chi connectivity index (χ2v) is 4.99. The molecule has 17 heavy (non-hydrogen) atoms. The van der Waals surface area contributed by atoms with Gasteiger partial charge in [0, 0.05) is 4.47 Å². The molecule has 2 heteroatoms. The van der Waals surface area contributed by atoms with Crippen molar-refractivity contribution in [3.05, 3.63) is 63.6 Å². The Hall–Kier alpha value is -1.28.